The molecule has 0 aromatic rings. The minimum absolute atomic E-state index is 0.105. The lowest BCUT2D eigenvalue weighted by atomic mass is 10.2. The summed E-state index contributed by atoms with van der Waals surface area (Å²) in [6, 6.07) is 0.528. The van der Waals surface area contributed by atoms with E-state index in [-0.39, 0.29) is 5.97 Å². The quantitative estimate of drug-likeness (QED) is 0.609. The van der Waals surface area contributed by atoms with Crippen LogP contribution in [-0.2, 0) is 9.53 Å². The highest BCUT2D eigenvalue weighted by Crippen LogP contribution is 2.30. The minimum atomic E-state index is -0.105. The molecule has 0 heterocycles. The van der Waals surface area contributed by atoms with Gasteiger partial charge in [-0.05, 0) is 32.6 Å². The van der Waals surface area contributed by atoms with E-state index in [2.05, 4.69) is 23.5 Å². The zero-order chi connectivity index (χ0) is 10.6. The molecule has 0 unspecified atom stereocenters. The average molecular weight is 199 g/mol. The number of esters is 1. The monoisotopic (exact) mass is 199 g/mol. The van der Waals surface area contributed by atoms with Gasteiger partial charge in [0.15, 0.2) is 0 Å². The van der Waals surface area contributed by atoms with Crippen LogP contribution in [0.1, 0.15) is 33.1 Å². The summed E-state index contributed by atoms with van der Waals surface area (Å²) in [5.41, 5.74) is 0. The summed E-state index contributed by atoms with van der Waals surface area (Å²) in [5, 5.41) is 0. The molecule has 1 fully saturated rings. The molecule has 0 bridgehead atoms. The number of carbonyl (C=O) groups is 1. The molecule has 82 valence electrons. The molecule has 1 aliphatic rings. The second kappa shape index (κ2) is 5.35. The first-order valence-corrected chi connectivity index (χ1v) is 5.44. The highest BCUT2D eigenvalue weighted by molar-refractivity contribution is 5.69. The van der Waals surface area contributed by atoms with Crippen LogP contribution < -0.4 is 0 Å². The maximum absolute atomic E-state index is 11.0. The molecule has 0 radical (unpaired) electrons. The summed E-state index contributed by atoms with van der Waals surface area (Å²) in [6.45, 7) is 6.34. The van der Waals surface area contributed by atoms with E-state index in [0.29, 0.717) is 12.5 Å². The first-order valence-electron chi connectivity index (χ1n) is 5.44. The first kappa shape index (κ1) is 11.5. The van der Waals surface area contributed by atoms with E-state index in [9.17, 15) is 4.79 Å². The molecule has 1 saturated carbocycles. The molecule has 3 heteroatoms. The van der Waals surface area contributed by atoms with E-state index in [1.54, 1.807) is 0 Å². The predicted octanol–water partition coefficient (Wildman–Crippen LogP) is 1.67. The summed E-state index contributed by atoms with van der Waals surface area (Å²) >= 11 is 0. The molecule has 1 rings (SSSR count). The molecule has 0 aromatic carbocycles. The number of nitrogens with zero attached hydrogens (tertiary/aromatic N) is 1. The van der Waals surface area contributed by atoms with E-state index in [1.165, 1.54) is 20.0 Å². The van der Waals surface area contributed by atoms with Gasteiger partial charge in [-0.2, -0.15) is 0 Å². The van der Waals surface area contributed by atoms with E-state index in [0.717, 1.165) is 19.0 Å². The zero-order valence-corrected chi connectivity index (χ0v) is 9.45. The van der Waals surface area contributed by atoms with Gasteiger partial charge in [-0.1, -0.05) is 0 Å². The zero-order valence-electron chi connectivity index (χ0n) is 9.45. The Bertz CT molecular complexity index is 188. The number of ether oxygens (including phenoxy) is 1. The van der Waals surface area contributed by atoms with Crippen LogP contribution >= 0.6 is 0 Å². The lowest BCUT2D eigenvalue weighted by molar-refractivity contribution is -0.141. The Morgan fingerprint density at radius 1 is 1.50 bits per heavy atom. The van der Waals surface area contributed by atoms with E-state index in [4.69, 9.17) is 0 Å². The minimum Gasteiger partial charge on any atom is -0.469 e. The van der Waals surface area contributed by atoms with Gasteiger partial charge in [-0.15, -0.1) is 0 Å². The third-order valence-corrected chi connectivity index (χ3v) is 2.75. The van der Waals surface area contributed by atoms with Crippen LogP contribution in [-0.4, -0.2) is 37.1 Å². The van der Waals surface area contributed by atoms with Crippen LogP contribution in [0.3, 0.4) is 0 Å². The van der Waals surface area contributed by atoms with Crippen molar-refractivity contribution in [3.8, 4) is 0 Å². The topological polar surface area (TPSA) is 29.5 Å². The van der Waals surface area contributed by atoms with Crippen LogP contribution in [0.15, 0.2) is 0 Å². The fraction of sp³-hybridized carbons (Fsp3) is 0.909. The summed E-state index contributed by atoms with van der Waals surface area (Å²) in [5.74, 6) is 0.779. The fourth-order valence-electron chi connectivity index (χ4n) is 1.53. The van der Waals surface area contributed by atoms with Gasteiger partial charge in [0.05, 0.1) is 13.5 Å². The average Bonchev–Trinajstić information content (AvgIpc) is 2.94. The SMILES string of the molecule is COC(=O)CCN(CC1CC1)C(C)C. The van der Waals surface area contributed by atoms with Gasteiger partial charge in [0.25, 0.3) is 0 Å². The number of hydrogen-bond donors (Lipinski definition) is 0. The lowest BCUT2D eigenvalue weighted by Crippen LogP contribution is -2.34. The standard InChI is InChI=1S/C11H21NO2/c1-9(2)12(8-10-4-5-10)7-6-11(13)14-3/h9-10H,4-8H2,1-3H3. The second-order valence-corrected chi connectivity index (χ2v) is 4.36. The Hall–Kier alpha value is -0.570. The van der Waals surface area contributed by atoms with Crippen LogP contribution in [0.2, 0.25) is 0 Å². The summed E-state index contributed by atoms with van der Waals surface area (Å²) in [6.07, 6.45) is 3.24. The van der Waals surface area contributed by atoms with Crippen molar-refractivity contribution in [2.45, 2.75) is 39.2 Å². The maximum atomic E-state index is 11.0. The molecule has 14 heavy (non-hydrogen) atoms. The second-order valence-electron chi connectivity index (χ2n) is 4.36. The third kappa shape index (κ3) is 4.09. The van der Waals surface area contributed by atoms with Gasteiger partial charge in [0.2, 0.25) is 0 Å². The van der Waals surface area contributed by atoms with Crippen LogP contribution in [0.5, 0.6) is 0 Å². The van der Waals surface area contributed by atoms with Gasteiger partial charge in [0, 0.05) is 19.1 Å². The van der Waals surface area contributed by atoms with Crippen LogP contribution in [0.4, 0.5) is 0 Å². The Balaban J connectivity index is 2.23. The Labute approximate surface area is 86.4 Å². The van der Waals surface area contributed by atoms with Crippen molar-refractivity contribution in [1.29, 1.82) is 0 Å². The number of methoxy groups -OCH3 is 1. The van der Waals surface area contributed by atoms with Crippen molar-refractivity contribution in [2.24, 2.45) is 5.92 Å². The maximum Gasteiger partial charge on any atom is 0.306 e. The number of hydrogen-bond acceptors (Lipinski definition) is 3. The Morgan fingerprint density at radius 2 is 2.14 bits per heavy atom. The van der Waals surface area contributed by atoms with Gasteiger partial charge in [0.1, 0.15) is 0 Å². The van der Waals surface area contributed by atoms with Crippen LogP contribution in [0.25, 0.3) is 0 Å². The molecular formula is C11H21NO2. The highest BCUT2D eigenvalue weighted by Gasteiger charge is 2.25. The van der Waals surface area contributed by atoms with Crippen molar-refractivity contribution < 1.29 is 9.53 Å². The van der Waals surface area contributed by atoms with Gasteiger partial charge in [-0.25, -0.2) is 0 Å². The summed E-state index contributed by atoms with van der Waals surface area (Å²) in [7, 11) is 1.45. The van der Waals surface area contributed by atoms with Crippen molar-refractivity contribution in [2.75, 3.05) is 20.2 Å². The smallest absolute Gasteiger partial charge is 0.306 e. The summed E-state index contributed by atoms with van der Waals surface area (Å²) in [4.78, 5) is 13.4. The van der Waals surface area contributed by atoms with Gasteiger partial charge < -0.3 is 9.64 Å². The van der Waals surface area contributed by atoms with Crippen molar-refractivity contribution in [3.05, 3.63) is 0 Å². The lowest BCUT2D eigenvalue weighted by Gasteiger charge is -2.25. The molecule has 1 aliphatic carbocycles. The number of carbonyl (C=O) groups excluding carboxylic acids is 1. The summed E-state index contributed by atoms with van der Waals surface area (Å²) < 4.78 is 4.64. The van der Waals surface area contributed by atoms with Gasteiger partial charge in [-0.3, -0.25) is 4.79 Å². The van der Waals surface area contributed by atoms with Crippen LogP contribution in [0, 0.1) is 5.92 Å². The molecule has 0 spiro atoms. The molecule has 0 aromatic heterocycles. The molecule has 0 N–H and O–H groups in total. The van der Waals surface area contributed by atoms with Crippen molar-refractivity contribution >= 4 is 5.97 Å². The normalized spacial score (nSPS) is 16.4. The van der Waals surface area contributed by atoms with Crippen molar-refractivity contribution in [3.63, 3.8) is 0 Å². The van der Waals surface area contributed by atoms with Crippen molar-refractivity contribution in [1.82, 2.24) is 4.90 Å². The number of rotatable bonds is 6. The molecule has 0 saturated heterocycles. The fourth-order valence-corrected chi connectivity index (χ4v) is 1.53. The largest absolute Gasteiger partial charge is 0.469 e. The molecule has 0 amide bonds. The van der Waals surface area contributed by atoms with E-state index in [1.807, 2.05) is 0 Å². The molecule has 0 atom stereocenters. The van der Waals surface area contributed by atoms with E-state index >= 15 is 0 Å². The highest BCUT2D eigenvalue weighted by atomic mass is 16.5. The Kier molecular flexibility index (Phi) is 4.39. The van der Waals surface area contributed by atoms with E-state index < -0.39 is 0 Å². The first-order chi connectivity index (χ1) is 6.63. The molecular weight excluding hydrogens is 178 g/mol. The Morgan fingerprint density at radius 3 is 2.57 bits per heavy atom. The van der Waals surface area contributed by atoms with Gasteiger partial charge >= 0.3 is 5.97 Å². The molecule has 3 nitrogen and oxygen atoms in total. The predicted molar refractivity (Wildman–Crippen MR) is 56.1 cm³/mol. The molecule has 0 aliphatic heterocycles. The third-order valence-electron chi connectivity index (χ3n) is 2.75.